The summed E-state index contributed by atoms with van der Waals surface area (Å²) < 4.78 is 58.8. The number of hydrogen-bond acceptors (Lipinski definition) is 7. The van der Waals surface area contributed by atoms with Gasteiger partial charge in [0.15, 0.2) is 0 Å². The number of benzene rings is 2. The SMILES string of the molecule is O=C1CCS(=O)(=O)N1c1ccc(S(=O)(=O)NCC(c2ccccc2)N2CCOCC2)cc1. The van der Waals surface area contributed by atoms with E-state index in [0.717, 1.165) is 9.87 Å². The molecule has 2 aliphatic rings. The van der Waals surface area contributed by atoms with Gasteiger partial charge < -0.3 is 4.74 Å². The van der Waals surface area contributed by atoms with Crippen molar-refractivity contribution in [2.45, 2.75) is 17.4 Å². The van der Waals surface area contributed by atoms with Crippen LogP contribution in [-0.2, 0) is 29.6 Å². The molecule has 2 fully saturated rings. The molecule has 1 atom stereocenters. The molecule has 9 nitrogen and oxygen atoms in total. The van der Waals surface area contributed by atoms with Crippen LogP contribution in [0.15, 0.2) is 59.5 Å². The summed E-state index contributed by atoms with van der Waals surface area (Å²) in [5.41, 5.74) is 1.15. The van der Waals surface area contributed by atoms with E-state index in [9.17, 15) is 21.6 Å². The maximum Gasteiger partial charge on any atom is 0.242 e. The topological polar surface area (TPSA) is 113 Å². The van der Waals surface area contributed by atoms with Gasteiger partial charge >= 0.3 is 0 Å². The molecule has 0 bridgehead atoms. The summed E-state index contributed by atoms with van der Waals surface area (Å²) in [6.07, 6.45) is -0.0770. The lowest BCUT2D eigenvalue weighted by Crippen LogP contribution is -2.43. The minimum Gasteiger partial charge on any atom is -0.379 e. The van der Waals surface area contributed by atoms with E-state index >= 15 is 0 Å². The molecular weight excluding hydrogens is 454 g/mol. The third kappa shape index (κ3) is 4.86. The van der Waals surface area contributed by atoms with Crippen LogP contribution in [0.1, 0.15) is 18.0 Å². The van der Waals surface area contributed by atoms with Crippen molar-refractivity contribution >= 4 is 31.6 Å². The van der Waals surface area contributed by atoms with Gasteiger partial charge in [0, 0.05) is 32.1 Å². The number of hydrogen-bond donors (Lipinski definition) is 1. The second-order valence-electron chi connectivity index (χ2n) is 7.64. The number of sulfonamides is 2. The number of nitrogens with one attached hydrogen (secondary N) is 1. The highest BCUT2D eigenvalue weighted by Crippen LogP contribution is 2.27. The Balaban J connectivity index is 1.51. The fourth-order valence-electron chi connectivity index (χ4n) is 3.92. The predicted octanol–water partition coefficient (Wildman–Crippen LogP) is 1.10. The Bertz CT molecular complexity index is 1160. The summed E-state index contributed by atoms with van der Waals surface area (Å²) in [5.74, 6) is -0.759. The minimum absolute atomic E-state index is 0.000849. The predicted molar refractivity (Wildman–Crippen MR) is 119 cm³/mol. The van der Waals surface area contributed by atoms with E-state index in [0.29, 0.717) is 26.3 Å². The first kappa shape index (κ1) is 22.9. The van der Waals surface area contributed by atoms with E-state index in [1.807, 2.05) is 30.3 Å². The second-order valence-corrected chi connectivity index (χ2v) is 11.3. The van der Waals surface area contributed by atoms with Crippen molar-refractivity contribution in [2.75, 3.05) is 42.9 Å². The lowest BCUT2D eigenvalue weighted by molar-refractivity contribution is -0.116. The molecule has 2 aromatic carbocycles. The summed E-state index contributed by atoms with van der Waals surface area (Å²) in [5, 5.41) is 0. The van der Waals surface area contributed by atoms with Gasteiger partial charge in [-0.2, -0.15) is 0 Å². The maximum atomic E-state index is 12.9. The van der Waals surface area contributed by atoms with Gasteiger partial charge in [0.2, 0.25) is 26.0 Å². The van der Waals surface area contributed by atoms with Gasteiger partial charge in [0.1, 0.15) is 0 Å². The van der Waals surface area contributed by atoms with E-state index in [4.69, 9.17) is 4.74 Å². The van der Waals surface area contributed by atoms with Crippen molar-refractivity contribution in [1.29, 1.82) is 0 Å². The third-order valence-electron chi connectivity index (χ3n) is 5.60. The molecule has 4 rings (SSSR count). The number of morpholine rings is 1. The van der Waals surface area contributed by atoms with E-state index in [1.54, 1.807) is 0 Å². The smallest absolute Gasteiger partial charge is 0.242 e. The minimum atomic E-state index is -3.85. The van der Waals surface area contributed by atoms with E-state index in [2.05, 4.69) is 9.62 Å². The summed E-state index contributed by atoms with van der Waals surface area (Å²) in [4.78, 5) is 14.1. The summed E-state index contributed by atoms with van der Waals surface area (Å²) in [6.45, 7) is 2.76. The molecule has 0 saturated carbocycles. The fourth-order valence-corrected chi connectivity index (χ4v) is 6.42. The number of rotatable bonds is 7. The van der Waals surface area contributed by atoms with Crippen molar-refractivity contribution in [1.82, 2.24) is 9.62 Å². The van der Waals surface area contributed by atoms with Gasteiger partial charge in [-0.1, -0.05) is 30.3 Å². The van der Waals surface area contributed by atoms with E-state index in [-0.39, 0.29) is 35.3 Å². The highest BCUT2D eigenvalue weighted by Gasteiger charge is 2.36. The van der Waals surface area contributed by atoms with Crippen molar-refractivity contribution in [3.8, 4) is 0 Å². The number of ether oxygens (including phenoxy) is 1. The Hall–Kier alpha value is -2.31. The average Bonchev–Trinajstić information content (AvgIpc) is 3.07. The van der Waals surface area contributed by atoms with Crippen molar-refractivity contribution in [2.24, 2.45) is 0 Å². The first-order chi connectivity index (χ1) is 15.3. The van der Waals surface area contributed by atoms with Gasteiger partial charge in [-0.3, -0.25) is 9.69 Å². The largest absolute Gasteiger partial charge is 0.379 e. The molecule has 32 heavy (non-hydrogen) atoms. The summed E-state index contributed by atoms with van der Waals surface area (Å²) >= 11 is 0. The molecule has 0 spiro atoms. The highest BCUT2D eigenvalue weighted by molar-refractivity contribution is 7.94. The molecule has 2 saturated heterocycles. The van der Waals surface area contributed by atoms with Crippen LogP contribution < -0.4 is 9.03 Å². The fraction of sp³-hybridized carbons (Fsp3) is 0.381. The molecule has 0 aliphatic carbocycles. The first-order valence-electron chi connectivity index (χ1n) is 10.3. The molecule has 0 aromatic heterocycles. The van der Waals surface area contributed by atoms with Crippen LogP contribution >= 0.6 is 0 Å². The van der Waals surface area contributed by atoms with Crippen molar-refractivity contribution in [3.63, 3.8) is 0 Å². The van der Waals surface area contributed by atoms with Gasteiger partial charge in [-0.05, 0) is 29.8 Å². The van der Waals surface area contributed by atoms with Crippen LogP contribution in [-0.4, -0.2) is 66.2 Å². The van der Waals surface area contributed by atoms with E-state index < -0.39 is 26.0 Å². The summed E-state index contributed by atoms with van der Waals surface area (Å²) in [6, 6.07) is 14.8. The summed E-state index contributed by atoms with van der Waals surface area (Å²) in [7, 11) is -7.54. The van der Waals surface area contributed by atoms with Crippen LogP contribution in [0.3, 0.4) is 0 Å². The first-order valence-corrected chi connectivity index (χ1v) is 13.4. The number of carbonyl (C=O) groups is 1. The molecule has 172 valence electrons. The molecule has 11 heteroatoms. The average molecular weight is 480 g/mol. The number of anilines is 1. The zero-order valence-corrected chi connectivity index (χ0v) is 19.0. The maximum absolute atomic E-state index is 12.9. The molecule has 1 unspecified atom stereocenters. The quantitative estimate of drug-likeness (QED) is 0.633. The standard InChI is InChI=1S/C21H25N3O6S2/c25-21-10-15-31(26,27)24(21)18-6-8-19(9-7-18)32(28,29)22-16-20(17-4-2-1-3-5-17)23-11-13-30-14-12-23/h1-9,20,22H,10-16H2. The van der Waals surface area contributed by atoms with Gasteiger partial charge in [0.05, 0.1) is 29.5 Å². The highest BCUT2D eigenvalue weighted by atomic mass is 32.2. The van der Waals surface area contributed by atoms with Crippen LogP contribution in [0.4, 0.5) is 5.69 Å². The normalized spacial score (nSPS) is 20.4. The molecule has 1 amide bonds. The number of carbonyl (C=O) groups excluding carboxylic acids is 1. The molecule has 2 aliphatic heterocycles. The van der Waals surface area contributed by atoms with Crippen molar-refractivity contribution < 1.29 is 26.4 Å². The molecule has 1 N–H and O–H groups in total. The zero-order valence-electron chi connectivity index (χ0n) is 17.4. The molecular formula is C21H25N3O6S2. The van der Waals surface area contributed by atoms with Gasteiger partial charge in [-0.15, -0.1) is 0 Å². The Morgan fingerprint density at radius 1 is 1.00 bits per heavy atom. The Morgan fingerprint density at radius 2 is 1.66 bits per heavy atom. The molecule has 2 aromatic rings. The van der Waals surface area contributed by atoms with Crippen LogP contribution in [0, 0.1) is 0 Å². The number of nitrogens with zero attached hydrogens (tertiary/aromatic N) is 2. The van der Waals surface area contributed by atoms with Crippen LogP contribution in [0.25, 0.3) is 0 Å². The molecule has 0 radical (unpaired) electrons. The second kappa shape index (κ2) is 9.28. The Labute approximate surface area is 188 Å². The number of amides is 1. The zero-order chi connectivity index (χ0) is 22.8. The molecule has 2 heterocycles. The lowest BCUT2D eigenvalue weighted by atomic mass is 10.1. The van der Waals surface area contributed by atoms with Gasteiger partial charge in [0.25, 0.3) is 0 Å². The lowest BCUT2D eigenvalue weighted by Gasteiger charge is -2.34. The van der Waals surface area contributed by atoms with Gasteiger partial charge in [-0.25, -0.2) is 25.9 Å². The van der Waals surface area contributed by atoms with Crippen LogP contribution in [0.5, 0.6) is 0 Å². The van der Waals surface area contributed by atoms with E-state index in [1.165, 1.54) is 24.3 Å². The monoisotopic (exact) mass is 479 g/mol. The third-order valence-corrected chi connectivity index (χ3v) is 8.73. The Morgan fingerprint density at radius 3 is 2.25 bits per heavy atom. The van der Waals surface area contributed by atoms with Crippen LogP contribution in [0.2, 0.25) is 0 Å². The van der Waals surface area contributed by atoms with Crippen molar-refractivity contribution in [3.05, 3.63) is 60.2 Å². The Kier molecular flexibility index (Phi) is 6.63.